The van der Waals surface area contributed by atoms with Crippen LogP contribution in [0.2, 0.25) is 5.02 Å². The fourth-order valence-corrected chi connectivity index (χ4v) is 3.37. The number of benzene rings is 1. The molecule has 20 heavy (non-hydrogen) atoms. The van der Waals surface area contributed by atoms with Gasteiger partial charge in [0.05, 0.1) is 16.1 Å². The van der Waals surface area contributed by atoms with Crippen LogP contribution in [0.1, 0.15) is 41.4 Å². The van der Waals surface area contributed by atoms with E-state index in [1.54, 1.807) is 6.07 Å². The van der Waals surface area contributed by atoms with Crippen molar-refractivity contribution < 1.29 is 9.90 Å². The number of rotatable bonds is 2. The zero-order chi connectivity index (χ0) is 14.3. The Morgan fingerprint density at radius 1 is 1.50 bits per heavy atom. The molecule has 1 aliphatic rings. The smallest absolute Gasteiger partial charge is 0.336 e. The van der Waals surface area contributed by atoms with Crippen molar-refractivity contribution in [3.8, 4) is 0 Å². The van der Waals surface area contributed by atoms with Crippen LogP contribution in [0, 0.1) is 5.92 Å². The molecule has 0 saturated heterocycles. The fourth-order valence-electron chi connectivity index (χ4n) is 3.10. The quantitative estimate of drug-likeness (QED) is 0.905. The molecule has 0 radical (unpaired) electrons. The van der Waals surface area contributed by atoms with Crippen LogP contribution in [0.3, 0.4) is 0 Å². The van der Waals surface area contributed by atoms with Crippen LogP contribution in [0.5, 0.6) is 0 Å². The van der Waals surface area contributed by atoms with Gasteiger partial charge < -0.3 is 5.11 Å². The number of hydrogen-bond donors (Lipinski definition) is 1. The number of carbonyl (C=O) groups is 1. The largest absolute Gasteiger partial charge is 0.478 e. The second-order valence-electron chi connectivity index (χ2n) is 5.37. The Kier molecular flexibility index (Phi) is 3.38. The van der Waals surface area contributed by atoms with Crippen LogP contribution in [0.4, 0.5) is 0 Å². The number of nitrogens with zero attached hydrogens (tertiary/aromatic N) is 1. The van der Waals surface area contributed by atoms with Gasteiger partial charge in [-0.15, -0.1) is 0 Å². The van der Waals surface area contributed by atoms with Crippen LogP contribution < -0.4 is 0 Å². The number of aryl methyl sites for hydroxylation is 1. The highest BCUT2D eigenvalue weighted by Crippen LogP contribution is 2.35. The molecule has 104 valence electrons. The standard InChI is InChI=1S/C16H16ClNO2/c1-2-9-6-7-12-10(8-9)14(16(19)20)15-11(17)4-3-5-13(15)18-12/h3-5,9H,2,6-8H2,1H3,(H,19,20). The van der Waals surface area contributed by atoms with Gasteiger partial charge in [0.15, 0.2) is 0 Å². The van der Waals surface area contributed by atoms with Gasteiger partial charge in [-0.05, 0) is 42.9 Å². The van der Waals surface area contributed by atoms with E-state index < -0.39 is 5.97 Å². The second kappa shape index (κ2) is 5.06. The van der Waals surface area contributed by atoms with Gasteiger partial charge in [0, 0.05) is 11.1 Å². The molecule has 1 atom stereocenters. The van der Waals surface area contributed by atoms with Gasteiger partial charge in [0.2, 0.25) is 0 Å². The highest BCUT2D eigenvalue weighted by atomic mass is 35.5. The van der Waals surface area contributed by atoms with Gasteiger partial charge in [0.25, 0.3) is 0 Å². The zero-order valence-electron chi connectivity index (χ0n) is 11.3. The minimum atomic E-state index is -0.904. The highest BCUT2D eigenvalue weighted by Gasteiger charge is 2.26. The summed E-state index contributed by atoms with van der Waals surface area (Å²) in [6.07, 6.45) is 3.80. The lowest BCUT2D eigenvalue weighted by atomic mass is 9.82. The highest BCUT2D eigenvalue weighted by molar-refractivity contribution is 6.36. The fraction of sp³-hybridized carbons (Fsp3) is 0.375. The van der Waals surface area contributed by atoms with E-state index in [1.165, 1.54) is 0 Å². The van der Waals surface area contributed by atoms with E-state index in [-0.39, 0.29) is 0 Å². The molecule has 4 heteroatoms. The Bertz CT molecular complexity index is 696. The first-order valence-electron chi connectivity index (χ1n) is 6.95. The number of carboxylic acid groups (broad SMARTS) is 1. The van der Waals surface area contributed by atoms with Crippen LogP contribution in [0.25, 0.3) is 10.9 Å². The number of pyridine rings is 1. The van der Waals surface area contributed by atoms with Gasteiger partial charge in [-0.3, -0.25) is 4.98 Å². The summed E-state index contributed by atoms with van der Waals surface area (Å²) in [5.41, 5.74) is 2.86. The van der Waals surface area contributed by atoms with Crippen LogP contribution in [-0.4, -0.2) is 16.1 Å². The Morgan fingerprint density at radius 3 is 3.00 bits per heavy atom. The third-order valence-corrected chi connectivity index (χ3v) is 4.54. The average molecular weight is 290 g/mol. The predicted octanol–water partition coefficient (Wildman–Crippen LogP) is 4.10. The molecule has 1 unspecified atom stereocenters. The molecule has 3 rings (SSSR count). The Morgan fingerprint density at radius 2 is 2.30 bits per heavy atom. The maximum absolute atomic E-state index is 11.7. The third-order valence-electron chi connectivity index (χ3n) is 4.22. The number of fused-ring (bicyclic) bond motifs is 2. The number of aromatic carboxylic acids is 1. The maximum Gasteiger partial charge on any atom is 0.336 e. The van der Waals surface area contributed by atoms with Crippen LogP contribution in [-0.2, 0) is 12.8 Å². The van der Waals surface area contributed by atoms with Gasteiger partial charge in [-0.2, -0.15) is 0 Å². The van der Waals surface area contributed by atoms with Crippen molar-refractivity contribution in [3.05, 3.63) is 40.0 Å². The first-order chi connectivity index (χ1) is 9.61. The molecule has 1 aromatic carbocycles. The van der Waals surface area contributed by atoms with Crippen LogP contribution in [0.15, 0.2) is 18.2 Å². The molecule has 0 bridgehead atoms. The molecule has 1 aromatic heterocycles. The summed E-state index contributed by atoms with van der Waals surface area (Å²) in [5, 5.41) is 10.7. The average Bonchev–Trinajstić information content (AvgIpc) is 2.44. The van der Waals surface area contributed by atoms with E-state index in [1.807, 2.05) is 12.1 Å². The van der Waals surface area contributed by atoms with Crippen molar-refractivity contribution >= 4 is 28.5 Å². The summed E-state index contributed by atoms with van der Waals surface area (Å²) in [7, 11) is 0. The topological polar surface area (TPSA) is 50.2 Å². The van der Waals surface area contributed by atoms with Gasteiger partial charge >= 0.3 is 5.97 Å². The number of hydrogen-bond acceptors (Lipinski definition) is 2. The minimum absolute atomic E-state index is 0.355. The molecule has 0 saturated carbocycles. The van der Waals surface area contributed by atoms with E-state index >= 15 is 0 Å². The molecular weight excluding hydrogens is 274 g/mol. The molecule has 1 heterocycles. The molecule has 0 amide bonds. The molecule has 1 N–H and O–H groups in total. The van der Waals surface area contributed by atoms with Crippen LogP contribution >= 0.6 is 11.6 Å². The lowest BCUT2D eigenvalue weighted by Gasteiger charge is -2.25. The SMILES string of the molecule is CCC1CCc2nc3cccc(Cl)c3c(C(=O)O)c2C1. The van der Waals surface area contributed by atoms with Crippen molar-refractivity contribution in [2.24, 2.45) is 5.92 Å². The summed E-state index contributed by atoms with van der Waals surface area (Å²) in [5.74, 6) is -0.360. The summed E-state index contributed by atoms with van der Waals surface area (Å²) in [6.45, 7) is 2.15. The second-order valence-corrected chi connectivity index (χ2v) is 5.78. The van der Waals surface area contributed by atoms with E-state index in [0.717, 1.165) is 36.9 Å². The van der Waals surface area contributed by atoms with Crippen molar-refractivity contribution in [2.75, 3.05) is 0 Å². The van der Waals surface area contributed by atoms with Gasteiger partial charge in [0.1, 0.15) is 0 Å². The van der Waals surface area contributed by atoms with E-state index in [9.17, 15) is 9.90 Å². The van der Waals surface area contributed by atoms with E-state index in [4.69, 9.17) is 11.6 Å². The van der Waals surface area contributed by atoms with E-state index in [2.05, 4.69) is 11.9 Å². The number of aromatic nitrogens is 1. The van der Waals surface area contributed by atoms with Crippen molar-refractivity contribution in [3.63, 3.8) is 0 Å². The summed E-state index contributed by atoms with van der Waals surface area (Å²) in [4.78, 5) is 16.4. The lowest BCUT2D eigenvalue weighted by molar-refractivity contribution is 0.0697. The predicted molar refractivity (Wildman–Crippen MR) is 79.5 cm³/mol. The van der Waals surface area contributed by atoms with E-state index in [0.29, 0.717) is 27.4 Å². The van der Waals surface area contributed by atoms with Gasteiger partial charge in [-0.25, -0.2) is 4.79 Å². The molecule has 0 aliphatic heterocycles. The maximum atomic E-state index is 11.7. The lowest BCUT2D eigenvalue weighted by Crippen LogP contribution is -2.19. The number of halogens is 1. The zero-order valence-corrected chi connectivity index (χ0v) is 12.1. The molecule has 1 aliphatic carbocycles. The van der Waals surface area contributed by atoms with Gasteiger partial charge in [-0.1, -0.05) is 31.0 Å². The summed E-state index contributed by atoms with van der Waals surface area (Å²) < 4.78 is 0. The van der Waals surface area contributed by atoms with Crippen molar-refractivity contribution in [1.82, 2.24) is 4.98 Å². The monoisotopic (exact) mass is 289 g/mol. The molecular formula is C16H16ClNO2. The first-order valence-corrected chi connectivity index (χ1v) is 7.32. The van der Waals surface area contributed by atoms with Crippen molar-refractivity contribution in [2.45, 2.75) is 32.6 Å². The Balaban J connectivity index is 2.33. The summed E-state index contributed by atoms with van der Waals surface area (Å²) in [6, 6.07) is 5.37. The molecule has 0 fully saturated rings. The number of carboxylic acids is 1. The third kappa shape index (κ3) is 2.06. The minimum Gasteiger partial charge on any atom is -0.478 e. The summed E-state index contributed by atoms with van der Waals surface area (Å²) >= 11 is 6.22. The Labute approximate surface area is 122 Å². The first kappa shape index (κ1) is 13.4. The molecule has 0 spiro atoms. The normalized spacial score (nSPS) is 18.0. The Hall–Kier alpha value is -1.61. The molecule has 2 aromatic rings. The van der Waals surface area contributed by atoms with Crippen molar-refractivity contribution in [1.29, 1.82) is 0 Å². The molecule has 3 nitrogen and oxygen atoms in total.